The Morgan fingerprint density at radius 3 is 2.89 bits per heavy atom. The highest BCUT2D eigenvalue weighted by molar-refractivity contribution is 6.34. The van der Waals surface area contributed by atoms with Gasteiger partial charge >= 0.3 is 0 Å². The average molecular weight is 266 g/mol. The van der Waals surface area contributed by atoms with Crippen LogP contribution in [-0.4, -0.2) is 12.3 Å². The molecule has 18 heavy (non-hydrogen) atoms. The van der Waals surface area contributed by atoms with E-state index < -0.39 is 0 Å². The van der Waals surface area contributed by atoms with E-state index in [1.807, 2.05) is 19.1 Å². The van der Waals surface area contributed by atoms with Crippen LogP contribution >= 0.6 is 11.6 Å². The van der Waals surface area contributed by atoms with Gasteiger partial charge in [0.1, 0.15) is 0 Å². The lowest BCUT2D eigenvalue weighted by Gasteiger charge is -2.08. The fourth-order valence-corrected chi connectivity index (χ4v) is 2.14. The zero-order valence-electron chi connectivity index (χ0n) is 10.3. The van der Waals surface area contributed by atoms with Gasteiger partial charge in [0.15, 0.2) is 17.1 Å². The molecule has 0 spiro atoms. The third-order valence-corrected chi connectivity index (χ3v) is 3.45. The van der Waals surface area contributed by atoms with E-state index in [1.54, 1.807) is 12.1 Å². The molecule has 1 atom stereocenters. The lowest BCUT2D eigenvalue weighted by molar-refractivity contribution is 0.0936. The van der Waals surface area contributed by atoms with Gasteiger partial charge in [0.2, 0.25) is 0 Å². The number of rotatable bonds is 5. The molecule has 0 saturated heterocycles. The lowest BCUT2D eigenvalue weighted by Crippen LogP contribution is -2.17. The Labute approximate surface area is 111 Å². The number of hydrogen-bond donors (Lipinski definition) is 1. The predicted molar refractivity (Wildman–Crippen MR) is 73.0 cm³/mol. The molecule has 0 bridgehead atoms. The van der Waals surface area contributed by atoms with Crippen LogP contribution in [0.5, 0.6) is 0 Å². The molecule has 1 aromatic heterocycles. The summed E-state index contributed by atoms with van der Waals surface area (Å²) in [6.45, 7) is 2.55. The molecule has 0 radical (unpaired) electrons. The number of ketones is 1. The van der Waals surface area contributed by atoms with Gasteiger partial charge in [-0.05, 0) is 24.6 Å². The van der Waals surface area contributed by atoms with Crippen LogP contribution in [0.15, 0.2) is 28.7 Å². The number of carbonyl (C=O) groups excluding carboxylic acids is 1. The minimum absolute atomic E-state index is 0.0143. The van der Waals surface area contributed by atoms with Gasteiger partial charge in [-0.15, -0.1) is 0 Å². The maximum Gasteiger partial charge on any atom is 0.198 e. The van der Waals surface area contributed by atoms with Gasteiger partial charge in [-0.2, -0.15) is 0 Å². The van der Waals surface area contributed by atoms with Gasteiger partial charge in [0.05, 0.1) is 5.02 Å². The number of furan rings is 1. The average Bonchev–Trinajstić information content (AvgIpc) is 2.81. The first-order valence-electron chi connectivity index (χ1n) is 6.07. The molecule has 4 heteroatoms. The van der Waals surface area contributed by atoms with Crippen molar-refractivity contribution in [2.45, 2.75) is 19.8 Å². The van der Waals surface area contributed by atoms with E-state index >= 15 is 0 Å². The second-order valence-corrected chi connectivity index (χ2v) is 4.81. The molecule has 1 aromatic carbocycles. The van der Waals surface area contributed by atoms with Crippen molar-refractivity contribution >= 4 is 28.4 Å². The first-order chi connectivity index (χ1) is 8.65. The van der Waals surface area contributed by atoms with Crippen molar-refractivity contribution in [3.63, 3.8) is 0 Å². The molecule has 1 heterocycles. The molecule has 0 amide bonds. The zero-order valence-corrected chi connectivity index (χ0v) is 11.0. The van der Waals surface area contributed by atoms with Crippen LogP contribution in [0.2, 0.25) is 5.02 Å². The third kappa shape index (κ3) is 2.57. The molecular weight excluding hydrogens is 250 g/mol. The molecule has 2 rings (SSSR count). The summed E-state index contributed by atoms with van der Waals surface area (Å²) in [6.07, 6.45) is 1.31. The Hall–Kier alpha value is -1.32. The van der Waals surface area contributed by atoms with E-state index in [-0.39, 0.29) is 11.7 Å². The quantitative estimate of drug-likeness (QED) is 0.840. The highest BCUT2D eigenvalue weighted by atomic mass is 35.5. The van der Waals surface area contributed by atoms with Crippen LogP contribution in [0.1, 0.15) is 30.3 Å². The van der Waals surface area contributed by atoms with Crippen LogP contribution in [0.25, 0.3) is 11.0 Å². The summed E-state index contributed by atoms with van der Waals surface area (Å²) in [5, 5.41) is 1.38. The predicted octanol–water partition coefficient (Wildman–Crippen LogP) is 3.64. The van der Waals surface area contributed by atoms with Crippen molar-refractivity contribution in [2.75, 3.05) is 6.54 Å². The summed E-state index contributed by atoms with van der Waals surface area (Å²) in [6, 6.07) is 7.20. The number of Topliss-reactive ketones (excluding diaryl/α,β-unsaturated/α-hetero) is 1. The Morgan fingerprint density at radius 1 is 1.50 bits per heavy atom. The Bertz CT molecular complexity index is 558. The molecule has 3 nitrogen and oxygen atoms in total. The van der Waals surface area contributed by atoms with Crippen molar-refractivity contribution in [3.05, 3.63) is 35.0 Å². The maximum atomic E-state index is 12.1. The van der Waals surface area contributed by atoms with Gasteiger partial charge in [0.25, 0.3) is 0 Å². The first-order valence-corrected chi connectivity index (χ1v) is 6.44. The number of benzene rings is 1. The number of carbonyl (C=O) groups is 1. The number of nitrogens with two attached hydrogens (primary N) is 1. The zero-order chi connectivity index (χ0) is 13.1. The van der Waals surface area contributed by atoms with E-state index in [1.165, 1.54) is 0 Å². The number of halogens is 1. The van der Waals surface area contributed by atoms with Crippen LogP contribution in [-0.2, 0) is 0 Å². The molecule has 0 aliphatic heterocycles. The second kappa shape index (κ2) is 5.55. The van der Waals surface area contributed by atoms with Gasteiger partial charge < -0.3 is 10.2 Å². The SMILES string of the molecule is CCC(CN)CC(=O)c1cc2cccc(Cl)c2o1. The second-order valence-electron chi connectivity index (χ2n) is 4.41. The molecule has 96 valence electrons. The van der Waals surface area contributed by atoms with Crippen LogP contribution in [0.3, 0.4) is 0 Å². The lowest BCUT2D eigenvalue weighted by atomic mass is 9.99. The van der Waals surface area contributed by atoms with Crippen LogP contribution in [0, 0.1) is 5.92 Å². The number of para-hydroxylation sites is 1. The van der Waals surface area contributed by atoms with E-state index in [2.05, 4.69) is 0 Å². The van der Waals surface area contributed by atoms with Gasteiger partial charge in [0, 0.05) is 11.8 Å². The summed E-state index contributed by atoms with van der Waals surface area (Å²) in [4.78, 5) is 12.1. The molecule has 1 unspecified atom stereocenters. The fourth-order valence-electron chi connectivity index (χ4n) is 1.92. The first kappa shape index (κ1) is 13.1. The molecule has 0 aliphatic carbocycles. The topological polar surface area (TPSA) is 56.2 Å². The Morgan fingerprint density at radius 2 is 2.28 bits per heavy atom. The van der Waals surface area contributed by atoms with Gasteiger partial charge in [-0.3, -0.25) is 4.79 Å². The number of fused-ring (bicyclic) bond motifs is 1. The monoisotopic (exact) mass is 265 g/mol. The van der Waals surface area contributed by atoms with Crippen molar-refractivity contribution in [2.24, 2.45) is 11.7 Å². The summed E-state index contributed by atoms with van der Waals surface area (Å²) < 4.78 is 5.53. The standard InChI is InChI=1S/C14H16ClNO2/c1-2-9(8-16)6-12(17)13-7-10-4-3-5-11(15)14(10)18-13/h3-5,7,9H,2,6,8,16H2,1H3. The van der Waals surface area contributed by atoms with Crippen molar-refractivity contribution in [1.29, 1.82) is 0 Å². The largest absolute Gasteiger partial charge is 0.451 e. The maximum absolute atomic E-state index is 12.1. The molecule has 0 aliphatic rings. The Kier molecular flexibility index (Phi) is 4.04. The molecular formula is C14H16ClNO2. The van der Waals surface area contributed by atoms with Gasteiger partial charge in [-0.1, -0.05) is 37.1 Å². The van der Waals surface area contributed by atoms with E-state index in [0.29, 0.717) is 29.3 Å². The smallest absolute Gasteiger partial charge is 0.198 e. The van der Waals surface area contributed by atoms with E-state index in [0.717, 1.165) is 11.8 Å². The molecule has 2 aromatic rings. The molecule has 0 saturated carbocycles. The Balaban J connectivity index is 2.26. The minimum Gasteiger partial charge on any atom is -0.451 e. The van der Waals surface area contributed by atoms with Crippen LogP contribution in [0.4, 0.5) is 0 Å². The fraction of sp³-hybridized carbons (Fsp3) is 0.357. The summed E-state index contributed by atoms with van der Waals surface area (Å²) in [5.74, 6) is 0.561. The summed E-state index contributed by atoms with van der Waals surface area (Å²) in [7, 11) is 0. The van der Waals surface area contributed by atoms with Crippen molar-refractivity contribution < 1.29 is 9.21 Å². The highest BCUT2D eigenvalue weighted by Crippen LogP contribution is 2.27. The van der Waals surface area contributed by atoms with Gasteiger partial charge in [-0.25, -0.2) is 0 Å². The van der Waals surface area contributed by atoms with Crippen molar-refractivity contribution in [3.8, 4) is 0 Å². The normalized spacial score (nSPS) is 12.8. The van der Waals surface area contributed by atoms with Crippen LogP contribution < -0.4 is 5.73 Å². The molecule has 2 N–H and O–H groups in total. The summed E-state index contributed by atoms with van der Waals surface area (Å²) >= 11 is 6.01. The third-order valence-electron chi connectivity index (χ3n) is 3.16. The molecule has 0 fully saturated rings. The summed E-state index contributed by atoms with van der Waals surface area (Å²) in [5.41, 5.74) is 6.18. The highest BCUT2D eigenvalue weighted by Gasteiger charge is 2.17. The number of hydrogen-bond acceptors (Lipinski definition) is 3. The van der Waals surface area contributed by atoms with Crippen molar-refractivity contribution in [1.82, 2.24) is 0 Å². The van der Waals surface area contributed by atoms with E-state index in [9.17, 15) is 4.79 Å². The van der Waals surface area contributed by atoms with E-state index in [4.69, 9.17) is 21.8 Å². The minimum atomic E-state index is -0.0143.